The van der Waals surface area contributed by atoms with Crippen LogP contribution in [0.15, 0.2) is 35.2 Å². The number of nitrogens with zero attached hydrogens (tertiary/aromatic N) is 2. The molecule has 0 unspecified atom stereocenters. The van der Waals surface area contributed by atoms with Crippen molar-refractivity contribution in [1.82, 2.24) is 9.97 Å². The maximum atomic E-state index is 5.17. The average Bonchev–Trinajstić information content (AvgIpc) is 2.28. The van der Waals surface area contributed by atoms with E-state index in [9.17, 15) is 0 Å². The van der Waals surface area contributed by atoms with E-state index in [0.717, 1.165) is 27.2 Å². The van der Waals surface area contributed by atoms with Gasteiger partial charge in [-0.05, 0) is 52.7 Å². The normalized spacial score (nSPS) is 10.2. The first-order valence-electron chi connectivity index (χ1n) is 4.83. The van der Waals surface area contributed by atoms with Gasteiger partial charge >= 0.3 is 0 Å². The number of ether oxygens (including phenoxy) is 1. The van der Waals surface area contributed by atoms with Gasteiger partial charge in [0.1, 0.15) is 16.7 Å². The van der Waals surface area contributed by atoms with Crippen molar-refractivity contribution in [1.29, 1.82) is 0 Å². The number of aryl methyl sites for hydroxylation is 1. The summed E-state index contributed by atoms with van der Waals surface area (Å²) in [6.07, 6.45) is 1.54. The van der Waals surface area contributed by atoms with Crippen molar-refractivity contribution in [2.24, 2.45) is 0 Å². The van der Waals surface area contributed by atoms with Crippen LogP contribution in [-0.2, 0) is 0 Å². The van der Waals surface area contributed by atoms with E-state index in [0.29, 0.717) is 0 Å². The van der Waals surface area contributed by atoms with Crippen molar-refractivity contribution in [2.45, 2.75) is 6.92 Å². The average molecular weight is 279 g/mol. The maximum Gasteiger partial charge on any atom is 0.119 e. The Labute approximate surface area is 103 Å². The van der Waals surface area contributed by atoms with Crippen LogP contribution in [0.3, 0.4) is 0 Å². The van der Waals surface area contributed by atoms with E-state index in [-0.39, 0.29) is 0 Å². The number of hydrogen-bond acceptors (Lipinski definition) is 3. The number of halogens is 1. The molecule has 4 heteroatoms. The summed E-state index contributed by atoms with van der Waals surface area (Å²) in [6, 6.07) is 7.82. The Balaban J connectivity index is 2.48. The number of aromatic nitrogens is 2. The fourth-order valence-electron chi connectivity index (χ4n) is 1.53. The summed E-state index contributed by atoms with van der Waals surface area (Å²) >= 11 is 3.34. The van der Waals surface area contributed by atoms with E-state index >= 15 is 0 Å². The molecule has 0 fully saturated rings. The Morgan fingerprint density at radius 2 is 2.00 bits per heavy atom. The number of benzene rings is 1. The van der Waals surface area contributed by atoms with Crippen LogP contribution in [0.25, 0.3) is 11.3 Å². The summed E-state index contributed by atoms with van der Waals surface area (Å²) in [5.41, 5.74) is 3.12. The molecule has 1 heterocycles. The molecule has 0 amide bonds. The molecular weight excluding hydrogens is 268 g/mol. The molecule has 0 aliphatic heterocycles. The van der Waals surface area contributed by atoms with Crippen LogP contribution in [0.1, 0.15) is 5.56 Å². The molecule has 0 atom stereocenters. The van der Waals surface area contributed by atoms with E-state index in [1.807, 2.05) is 31.2 Å². The molecule has 82 valence electrons. The molecule has 3 nitrogen and oxygen atoms in total. The van der Waals surface area contributed by atoms with Gasteiger partial charge in [-0.15, -0.1) is 0 Å². The highest BCUT2D eigenvalue weighted by Gasteiger charge is 2.05. The molecule has 0 N–H and O–H groups in total. The molecule has 0 saturated heterocycles. The quantitative estimate of drug-likeness (QED) is 0.792. The van der Waals surface area contributed by atoms with Crippen LogP contribution >= 0.6 is 15.9 Å². The van der Waals surface area contributed by atoms with E-state index in [4.69, 9.17) is 4.74 Å². The lowest BCUT2D eigenvalue weighted by Gasteiger charge is -2.07. The first-order valence-corrected chi connectivity index (χ1v) is 5.62. The van der Waals surface area contributed by atoms with Crippen molar-refractivity contribution in [2.75, 3.05) is 7.11 Å². The summed E-state index contributed by atoms with van der Waals surface area (Å²) in [5, 5.41) is 0. The Morgan fingerprint density at radius 3 is 2.62 bits per heavy atom. The second-order valence-corrected chi connectivity index (χ2v) is 4.22. The van der Waals surface area contributed by atoms with Gasteiger partial charge in [-0.1, -0.05) is 0 Å². The zero-order valence-corrected chi connectivity index (χ0v) is 10.7. The van der Waals surface area contributed by atoms with Crippen LogP contribution in [0.5, 0.6) is 5.75 Å². The molecule has 0 aliphatic rings. The molecule has 2 aromatic rings. The SMILES string of the molecule is COc1ccc(-c2cc(Br)ncn2)c(C)c1. The Hall–Kier alpha value is -1.42. The highest BCUT2D eigenvalue weighted by Crippen LogP contribution is 2.26. The van der Waals surface area contributed by atoms with Crippen molar-refractivity contribution in [3.63, 3.8) is 0 Å². The monoisotopic (exact) mass is 278 g/mol. The Morgan fingerprint density at radius 1 is 1.19 bits per heavy atom. The molecule has 0 saturated carbocycles. The van der Waals surface area contributed by atoms with Gasteiger partial charge in [0.25, 0.3) is 0 Å². The Kier molecular flexibility index (Phi) is 3.19. The summed E-state index contributed by atoms with van der Waals surface area (Å²) < 4.78 is 5.95. The van der Waals surface area contributed by atoms with E-state index in [2.05, 4.69) is 25.9 Å². The predicted molar refractivity (Wildman–Crippen MR) is 66.5 cm³/mol. The second kappa shape index (κ2) is 4.61. The topological polar surface area (TPSA) is 35.0 Å². The zero-order chi connectivity index (χ0) is 11.5. The first kappa shape index (κ1) is 11.1. The van der Waals surface area contributed by atoms with E-state index in [1.54, 1.807) is 13.4 Å². The third kappa shape index (κ3) is 2.22. The lowest BCUT2D eigenvalue weighted by atomic mass is 10.1. The van der Waals surface area contributed by atoms with Crippen LogP contribution < -0.4 is 4.74 Å². The summed E-state index contributed by atoms with van der Waals surface area (Å²) in [4.78, 5) is 8.25. The van der Waals surface area contributed by atoms with Crippen LogP contribution in [0.2, 0.25) is 0 Å². The van der Waals surface area contributed by atoms with Crippen molar-refractivity contribution in [3.05, 3.63) is 40.8 Å². The van der Waals surface area contributed by atoms with Gasteiger partial charge in [0.15, 0.2) is 0 Å². The third-order valence-electron chi connectivity index (χ3n) is 2.34. The molecular formula is C12H11BrN2O. The molecule has 0 bridgehead atoms. The maximum absolute atomic E-state index is 5.17. The molecule has 1 aromatic heterocycles. The number of hydrogen-bond donors (Lipinski definition) is 0. The molecule has 0 aliphatic carbocycles. The van der Waals surface area contributed by atoms with Crippen molar-refractivity contribution < 1.29 is 4.74 Å². The highest BCUT2D eigenvalue weighted by molar-refractivity contribution is 9.10. The van der Waals surface area contributed by atoms with Gasteiger partial charge in [-0.2, -0.15) is 0 Å². The fraction of sp³-hybridized carbons (Fsp3) is 0.167. The van der Waals surface area contributed by atoms with Crippen LogP contribution in [0, 0.1) is 6.92 Å². The second-order valence-electron chi connectivity index (χ2n) is 3.41. The van der Waals surface area contributed by atoms with Gasteiger partial charge in [-0.3, -0.25) is 0 Å². The lowest BCUT2D eigenvalue weighted by Crippen LogP contribution is -1.90. The smallest absolute Gasteiger partial charge is 0.119 e. The third-order valence-corrected chi connectivity index (χ3v) is 2.78. The summed E-state index contributed by atoms with van der Waals surface area (Å²) in [6.45, 7) is 2.04. The van der Waals surface area contributed by atoms with Gasteiger partial charge in [0, 0.05) is 5.56 Å². The standard InChI is InChI=1S/C12H11BrN2O/c1-8-5-9(16-2)3-4-10(8)11-6-12(13)15-7-14-11/h3-7H,1-2H3. The largest absolute Gasteiger partial charge is 0.497 e. The van der Waals surface area contributed by atoms with Crippen LogP contribution in [0.4, 0.5) is 0 Å². The van der Waals surface area contributed by atoms with Crippen LogP contribution in [-0.4, -0.2) is 17.1 Å². The lowest BCUT2D eigenvalue weighted by molar-refractivity contribution is 0.414. The number of rotatable bonds is 2. The Bertz CT molecular complexity index is 514. The first-order chi connectivity index (χ1) is 7.70. The van der Waals surface area contributed by atoms with Gasteiger partial charge < -0.3 is 4.74 Å². The molecule has 1 aromatic carbocycles. The number of methoxy groups -OCH3 is 1. The fourth-order valence-corrected chi connectivity index (χ4v) is 1.84. The minimum atomic E-state index is 0.785. The van der Waals surface area contributed by atoms with E-state index < -0.39 is 0 Å². The van der Waals surface area contributed by atoms with E-state index in [1.165, 1.54) is 0 Å². The molecule has 16 heavy (non-hydrogen) atoms. The van der Waals surface area contributed by atoms with Gasteiger partial charge in [0.05, 0.1) is 12.8 Å². The van der Waals surface area contributed by atoms with Gasteiger partial charge in [0.2, 0.25) is 0 Å². The zero-order valence-electron chi connectivity index (χ0n) is 9.07. The van der Waals surface area contributed by atoms with Crippen molar-refractivity contribution in [3.8, 4) is 17.0 Å². The molecule has 2 rings (SSSR count). The molecule has 0 radical (unpaired) electrons. The molecule has 0 spiro atoms. The minimum absolute atomic E-state index is 0.785. The van der Waals surface area contributed by atoms with Gasteiger partial charge in [-0.25, -0.2) is 9.97 Å². The summed E-state index contributed by atoms with van der Waals surface area (Å²) in [7, 11) is 1.66. The summed E-state index contributed by atoms with van der Waals surface area (Å²) in [5.74, 6) is 0.856. The van der Waals surface area contributed by atoms with Crippen molar-refractivity contribution >= 4 is 15.9 Å². The predicted octanol–water partition coefficient (Wildman–Crippen LogP) is 3.22. The minimum Gasteiger partial charge on any atom is -0.497 e. The highest BCUT2D eigenvalue weighted by atomic mass is 79.9.